The van der Waals surface area contributed by atoms with Gasteiger partial charge in [0.15, 0.2) is 0 Å². The molecule has 0 bridgehead atoms. The van der Waals surface area contributed by atoms with Gasteiger partial charge in [0.2, 0.25) is 0 Å². The van der Waals surface area contributed by atoms with Gasteiger partial charge in [-0.2, -0.15) is 13.2 Å². The molecular formula is C8H11F3O. The highest BCUT2D eigenvalue weighted by Gasteiger charge is 2.34. The molecule has 1 aliphatic carbocycles. The summed E-state index contributed by atoms with van der Waals surface area (Å²) < 4.78 is 36.3. The van der Waals surface area contributed by atoms with E-state index in [1.54, 1.807) is 0 Å². The molecule has 0 radical (unpaired) electrons. The van der Waals surface area contributed by atoms with Gasteiger partial charge in [-0.15, -0.1) is 0 Å². The second-order valence-corrected chi connectivity index (χ2v) is 3.00. The van der Waals surface area contributed by atoms with Gasteiger partial charge in [0.1, 0.15) is 0 Å². The second kappa shape index (κ2) is 3.47. The van der Waals surface area contributed by atoms with Crippen LogP contribution in [0.3, 0.4) is 0 Å². The summed E-state index contributed by atoms with van der Waals surface area (Å²) in [5.74, 6) is 0. The molecule has 1 rings (SSSR count). The Morgan fingerprint density at radius 3 is 2.58 bits per heavy atom. The maximum Gasteiger partial charge on any atom is 0.412 e. The molecule has 1 nitrogen and oxygen atoms in total. The number of halogens is 3. The third kappa shape index (κ3) is 2.52. The Morgan fingerprint density at radius 2 is 2.00 bits per heavy atom. The molecule has 70 valence electrons. The molecule has 1 unspecified atom stereocenters. The number of allylic oxidation sites excluding steroid dienone is 1. The van der Waals surface area contributed by atoms with E-state index in [4.69, 9.17) is 5.11 Å². The molecular weight excluding hydrogens is 169 g/mol. The van der Waals surface area contributed by atoms with Gasteiger partial charge >= 0.3 is 6.18 Å². The van der Waals surface area contributed by atoms with Crippen LogP contribution >= 0.6 is 0 Å². The van der Waals surface area contributed by atoms with Crippen molar-refractivity contribution in [3.8, 4) is 0 Å². The summed E-state index contributed by atoms with van der Waals surface area (Å²) in [4.78, 5) is 0. The van der Waals surface area contributed by atoms with Crippen molar-refractivity contribution in [2.75, 3.05) is 0 Å². The number of hydrogen-bond acceptors (Lipinski definition) is 1. The van der Waals surface area contributed by atoms with Crippen molar-refractivity contribution in [1.29, 1.82) is 0 Å². The quantitative estimate of drug-likeness (QED) is 0.567. The Bertz CT molecular complexity index is 183. The van der Waals surface area contributed by atoms with Crippen molar-refractivity contribution >= 4 is 0 Å². The van der Waals surface area contributed by atoms with Gasteiger partial charge in [0.25, 0.3) is 0 Å². The Morgan fingerprint density at radius 1 is 1.33 bits per heavy atom. The lowest BCUT2D eigenvalue weighted by Crippen LogP contribution is -2.13. The summed E-state index contributed by atoms with van der Waals surface area (Å²) in [7, 11) is 0. The lowest BCUT2D eigenvalue weighted by Gasteiger charge is -2.09. The maximum atomic E-state index is 12.1. The molecule has 0 saturated heterocycles. The van der Waals surface area contributed by atoms with Crippen LogP contribution in [0.2, 0.25) is 0 Å². The molecule has 0 aromatic heterocycles. The molecule has 0 saturated carbocycles. The zero-order valence-electron chi connectivity index (χ0n) is 6.56. The lowest BCUT2D eigenvalue weighted by atomic mass is 10.1. The van der Waals surface area contributed by atoms with Crippen LogP contribution in [-0.2, 0) is 0 Å². The largest absolute Gasteiger partial charge is 0.412 e. The molecule has 0 heterocycles. The molecule has 1 aliphatic rings. The standard InChI is InChI=1S/C8H11F3O/c9-8(10,11)6-3-1-2-4-7(12)5-6/h5,7,12H,1-4H2. The van der Waals surface area contributed by atoms with E-state index >= 15 is 0 Å². The summed E-state index contributed by atoms with van der Waals surface area (Å²) in [5.41, 5.74) is -0.576. The highest BCUT2D eigenvalue weighted by molar-refractivity contribution is 5.12. The summed E-state index contributed by atoms with van der Waals surface area (Å²) in [5, 5.41) is 9.05. The fourth-order valence-corrected chi connectivity index (χ4v) is 1.30. The number of rotatable bonds is 0. The van der Waals surface area contributed by atoms with Crippen LogP contribution in [0.1, 0.15) is 25.7 Å². The average Bonchev–Trinajstić information content (AvgIpc) is 2.11. The van der Waals surface area contributed by atoms with Crippen LogP contribution in [0.5, 0.6) is 0 Å². The number of alkyl halides is 3. The van der Waals surface area contributed by atoms with Crippen molar-refractivity contribution in [3.05, 3.63) is 11.6 Å². The van der Waals surface area contributed by atoms with E-state index in [-0.39, 0.29) is 6.42 Å². The molecule has 0 fully saturated rings. The van der Waals surface area contributed by atoms with Crippen molar-refractivity contribution in [3.63, 3.8) is 0 Å². The predicted octanol–water partition coefficient (Wildman–Crippen LogP) is 2.41. The first-order chi connectivity index (χ1) is 5.50. The molecule has 0 aromatic rings. The smallest absolute Gasteiger partial charge is 0.389 e. The second-order valence-electron chi connectivity index (χ2n) is 3.00. The van der Waals surface area contributed by atoms with Crippen LogP contribution in [0.15, 0.2) is 11.6 Å². The maximum absolute atomic E-state index is 12.1. The van der Waals surface area contributed by atoms with E-state index in [0.717, 1.165) is 6.08 Å². The zero-order chi connectivity index (χ0) is 9.19. The Labute approximate surface area is 68.9 Å². The van der Waals surface area contributed by atoms with Gasteiger partial charge < -0.3 is 5.11 Å². The van der Waals surface area contributed by atoms with Crippen molar-refractivity contribution < 1.29 is 18.3 Å². The van der Waals surface area contributed by atoms with Crippen LogP contribution in [-0.4, -0.2) is 17.4 Å². The summed E-state index contributed by atoms with van der Waals surface area (Å²) in [6, 6.07) is 0. The van der Waals surface area contributed by atoms with Gasteiger partial charge in [0, 0.05) is 5.57 Å². The van der Waals surface area contributed by atoms with Crippen LogP contribution < -0.4 is 0 Å². The summed E-state index contributed by atoms with van der Waals surface area (Å²) >= 11 is 0. The van der Waals surface area contributed by atoms with E-state index in [1.165, 1.54) is 0 Å². The minimum absolute atomic E-state index is 0.0422. The summed E-state index contributed by atoms with van der Waals surface area (Å²) in [6.45, 7) is 0. The third-order valence-corrected chi connectivity index (χ3v) is 1.95. The summed E-state index contributed by atoms with van der Waals surface area (Å²) in [6.07, 6.45) is -2.57. The molecule has 1 atom stereocenters. The monoisotopic (exact) mass is 180 g/mol. The molecule has 0 amide bonds. The lowest BCUT2D eigenvalue weighted by molar-refractivity contribution is -0.0946. The van der Waals surface area contributed by atoms with E-state index < -0.39 is 17.9 Å². The Hall–Kier alpha value is -0.510. The Kier molecular flexibility index (Phi) is 2.77. The van der Waals surface area contributed by atoms with Crippen molar-refractivity contribution in [2.45, 2.75) is 38.0 Å². The van der Waals surface area contributed by atoms with Crippen molar-refractivity contribution in [1.82, 2.24) is 0 Å². The third-order valence-electron chi connectivity index (χ3n) is 1.95. The predicted molar refractivity (Wildman–Crippen MR) is 38.6 cm³/mol. The normalized spacial score (nSPS) is 26.3. The van der Waals surface area contributed by atoms with Gasteiger partial charge in [-0.25, -0.2) is 0 Å². The fourth-order valence-electron chi connectivity index (χ4n) is 1.30. The molecule has 4 heteroatoms. The fraction of sp³-hybridized carbons (Fsp3) is 0.750. The SMILES string of the molecule is OC1C=C(C(F)(F)F)CCCC1. The van der Waals surface area contributed by atoms with Crippen molar-refractivity contribution in [2.24, 2.45) is 0 Å². The molecule has 0 aliphatic heterocycles. The topological polar surface area (TPSA) is 20.2 Å². The van der Waals surface area contributed by atoms with Crippen LogP contribution in [0.4, 0.5) is 13.2 Å². The minimum atomic E-state index is -4.26. The minimum Gasteiger partial charge on any atom is -0.389 e. The number of hydrogen-bond donors (Lipinski definition) is 1. The highest BCUT2D eigenvalue weighted by atomic mass is 19.4. The number of aliphatic hydroxyl groups is 1. The van der Waals surface area contributed by atoms with Gasteiger partial charge in [-0.05, 0) is 25.3 Å². The molecule has 12 heavy (non-hydrogen) atoms. The van der Waals surface area contributed by atoms with Gasteiger partial charge in [-0.1, -0.05) is 6.42 Å². The van der Waals surface area contributed by atoms with E-state index in [9.17, 15) is 13.2 Å². The first-order valence-electron chi connectivity index (χ1n) is 3.96. The Balaban J connectivity index is 2.73. The first kappa shape index (κ1) is 9.58. The number of aliphatic hydroxyl groups excluding tert-OH is 1. The zero-order valence-corrected chi connectivity index (χ0v) is 6.56. The van der Waals surface area contributed by atoms with Crippen LogP contribution in [0, 0.1) is 0 Å². The molecule has 1 N–H and O–H groups in total. The van der Waals surface area contributed by atoms with Gasteiger partial charge in [-0.3, -0.25) is 0 Å². The van der Waals surface area contributed by atoms with E-state index in [2.05, 4.69) is 0 Å². The van der Waals surface area contributed by atoms with E-state index in [1.807, 2.05) is 0 Å². The highest BCUT2D eigenvalue weighted by Crippen LogP contribution is 2.32. The molecule has 0 aromatic carbocycles. The van der Waals surface area contributed by atoms with Gasteiger partial charge in [0.05, 0.1) is 6.10 Å². The first-order valence-corrected chi connectivity index (χ1v) is 3.96. The van der Waals surface area contributed by atoms with Crippen LogP contribution in [0.25, 0.3) is 0 Å². The van der Waals surface area contributed by atoms with E-state index in [0.29, 0.717) is 19.3 Å². The molecule has 0 spiro atoms. The average molecular weight is 180 g/mol.